The van der Waals surface area contributed by atoms with Gasteiger partial charge in [-0.05, 0) is 43.7 Å². The molecule has 0 saturated carbocycles. The topological polar surface area (TPSA) is 96.1 Å². The van der Waals surface area contributed by atoms with Gasteiger partial charge in [0.1, 0.15) is 16.8 Å². The molecular weight excluding hydrogens is 388 g/mol. The van der Waals surface area contributed by atoms with Crippen LogP contribution in [0.3, 0.4) is 0 Å². The van der Waals surface area contributed by atoms with E-state index in [1.54, 1.807) is 18.2 Å². The molecule has 27 heavy (non-hydrogen) atoms. The van der Waals surface area contributed by atoms with E-state index in [1.165, 1.54) is 6.21 Å². The Morgan fingerprint density at radius 1 is 1.37 bits per heavy atom. The van der Waals surface area contributed by atoms with E-state index >= 15 is 0 Å². The SMILES string of the molecule is Cc1ccc(C=N/N=C2\NC(=O)[C@H](CC(=O)Nc3ccc(C)c(Cl)c3)S2)o1. The smallest absolute Gasteiger partial charge is 0.240 e. The number of anilines is 1. The molecule has 3 rings (SSSR count). The third-order valence-electron chi connectivity index (χ3n) is 3.70. The predicted octanol–water partition coefficient (Wildman–Crippen LogP) is 3.50. The summed E-state index contributed by atoms with van der Waals surface area (Å²) < 4.78 is 5.34. The number of thioether (sulfide) groups is 1. The zero-order valence-electron chi connectivity index (χ0n) is 14.7. The number of nitrogens with zero attached hydrogens (tertiary/aromatic N) is 2. The van der Waals surface area contributed by atoms with Gasteiger partial charge in [-0.2, -0.15) is 5.10 Å². The first kappa shape index (κ1) is 19.2. The number of hydrogen-bond donors (Lipinski definition) is 2. The van der Waals surface area contributed by atoms with Crippen molar-refractivity contribution in [1.82, 2.24) is 5.32 Å². The van der Waals surface area contributed by atoms with Crippen LogP contribution in [0.15, 0.2) is 45.0 Å². The number of benzene rings is 1. The largest absolute Gasteiger partial charge is 0.460 e. The number of amides is 2. The first-order valence-corrected chi connectivity index (χ1v) is 9.37. The predicted molar refractivity (Wildman–Crippen MR) is 107 cm³/mol. The summed E-state index contributed by atoms with van der Waals surface area (Å²) in [5.74, 6) is 0.783. The van der Waals surface area contributed by atoms with Crippen molar-refractivity contribution >= 4 is 52.2 Å². The van der Waals surface area contributed by atoms with Crippen LogP contribution in [-0.2, 0) is 9.59 Å². The molecule has 2 heterocycles. The number of hydrogen-bond acceptors (Lipinski definition) is 6. The Balaban J connectivity index is 1.55. The van der Waals surface area contributed by atoms with Gasteiger partial charge in [0.2, 0.25) is 11.8 Å². The van der Waals surface area contributed by atoms with Crippen LogP contribution in [0.4, 0.5) is 5.69 Å². The van der Waals surface area contributed by atoms with Gasteiger partial charge in [0.25, 0.3) is 0 Å². The summed E-state index contributed by atoms with van der Waals surface area (Å²) in [6.45, 7) is 3.71. The van der Waals surface area contributed by atoms with Gasteiger partial charge in [0.15, 0.2) is 5.17 Å². The first-order chi connectivity index (χ1) is 12.9. The molecule has 1 saturated heterocycles. The van der Waals surface area contributed by atoms with Crippen molar-refractivity contribution in [3.8, 4) is 0 Å². The number of carbonyl (C=O) groups excluding carboxylic acids is 2. The molecule has 1 aromatic carbocycles. The number of halogens is 1. The van der Waals surface area contributed by atoms with Gasteiger partial charge in [-0.1, -0.05) is 29.4 Å². The fourth-order valence-corrected chi connectivity index (χ4v) is 3.40. The fraction of sp³-hybridized carbons (Fsp3) is 0.222. The molecule has 1 fully saturated rings. The maximum atomic E-state index is 12.2. The molecule has 0 radical (unpaired) electrons. The normalized spacial score (nSPS) is 18.3. The molecule has 1 aliphatic heterocycles. The highest BCUT2D eigenvalue weighted by atomic mass is 35.5. The number of rotatable bonds is 5. The molecule has 0 unspecified atom stereocenters. The standard InChI is InChI=1S/C18H17ClN4O3S/c1-10-3-5-12(7-14(10)19)21-16(24)8-15-17(25)22-18(27-15)23-20-9-13-6-4-11(2)26-13/h3-7,9,15H,8H2,1-2H3,(H,21,24)(H,22,23,25)/t15-/m0/s1. The van der Waals surface area contributed by atoms with E-state index in [-0.39, 0.29) is 18.2 Å². The highest BCUT2D eigenvalue weighted by Gasteiger charge is 2.32. The number of nitrogens with one attached hydrogen (secondary N) is 2. The van der Waals surface area contributed by atoms with E-state index in [2.05, 4.69) is 20.8 Å². The van der Waals surface area contributed by atoms with Crippen molar-refractivity contribution in [3.05, 3.63) is 52.4 Å². The molecule has 0 aliphatic carbocycles. The lowest BCUT2D eigenvalue weighted by Gasteiger charge is -2.08. The Morgan fingerprint density at radius 3 is 2.89 bits per heavy atom. The summed E-state index contributed by atoms with van der Waals surface area (Å²) in [6, 6.07) is 8.84. The second-order valence-electron chi connectivity index (χ2n) is 5.91. The van der Waals surface area contributed by atoms with E-state index < -0.39 is 5.25 Å². The van der Waals surface area contributed by atoms with Crippen molar-refractivity contribution in [3.63, 3.8) is 0 Å². The van der Waals surface area contributed by atoms with Crippen molar-refractivity contribution in [2.24, 2.45) is 10.2 Å². The van der Waals surface area contributed by atoms with Crippen molar-refractivity contribution in [2.45, 2.75) is 25.5 Å². The van der Waals surface area contributed by atoms with Gasteiger partial charge in [-0.15, -0.1) is 5.10 Å². The Hall–Kier alpha value is -2.58. The Kier molecular flexibility index (Phi) is 5.98. The summed E-state index contributed by atoms with van der Waals surface area (Å²) in [6.07, 6.45) is 1.47. The highest BCUT2D eigenvalue weighted by molar-refractivity contribution is 8.15. The summed E-state index contributed by atoms with van der Waals surface area (Å²) in [5.41, 5.74) is 1.51. The molecule has 7 nitrogen and oxygen atoms in total. The molecule has 2 N–H and O–H groups in total. The number of carbonyl (C=O) groups is 2. The molecule has 2 aromatic rings. The highest BCUT2D eigenvalue weighted by Crippen LogP contribution is 2.24. The van der Waals surface area contributed by atoms with Crippen molar-refractivity contribution < 1.29 is 14.0 Å². The van der Waals surface area contributed by atoms with Crippen molar-refractivity contribution in [1.29, 1.82) is 0 Å². The molecule has 1 aromatic heterocycles. The maximum absolute atomic E-state index is 12.2. The number of amidine groups is 1. The second kappa shape index (κ2) is 8.41. The Morgan fingerprint density at radius 2 is 2.19 bits per heavy atom. The lowest BCUT2D eigenvalue weighted by molar-refractivity contribution is -0.122. The zero-order valence-corrected chi connectivity index (χ0v) is 16.2. The quantitative estimate of drug-likeness (QED) is 0.588. The lowest BCUT2D eigenvalue weighted by atomic mass is 10.2. The van der Waals surface area contributed by atoms with Gasteiger partial charge in [0, 0.05) is 17.1 Å². The van der Waals surface area contributed by atoms with E-state index in [9.17, 15) is 9.59 Å². The van der Waals surface area contributed by atoms with Gasteiger partial charge in [-0.25, -0.2) is 0 Å². The lowest BCUT2D eigenvalue weighted by Crippen LogP contribution is -2.28. The minimum atomic E-state index is -0.564. The van der Waals surface area contributed by atoms with Crippen molar-refractivity contribution in [2.75, 3.05) is 5.32 Å². The van der Waals surface area contributed by atoms with Crippen LogP contribution in [0.2, 0.25) is 5.02 Å². The van der Waals surface area contributed by atoms with Crippen LogP contribution in [-0.4, -0.2) is 28.4 Å². The molecule has 2 amide bonds. The second-order valence-corrected chi connectivity index (χ2v) is 7.51. The minimum absolute atomic E-state index is 0.0160. The maximum Gasteiger partial charge on any atom is 0.240 e. The zero-order chi connectivity index (χ0) is 19.4. The van der Waals surface area contributed by atoms with Crippen LogP contribution >= 0.6 is 23.4 Å². The fourth-order valence-electron chi connectivity index (χ4n) is 2.30. The summed E-state index contributed by atoms with van der Waals surface area (Å²) in [4.78, 5) is 24.2. The molecule has 0 spiro atoms. The van der Waals surface area contributed by atoms with E-state index in [4.69, 9.17) is 16.0 Å². The van der Waals surface area contributed by atoms with E-state index in [1.807, 2.05) is 26.0 Å². The minimum Gasteiger partial charge on any atom is -0.460 e. The van der Waals surface area contributed by atoms with Crippen LogP contribution < -0.4 is 10.6 Å². The third-order valence-corrected chi connectivity index (χ3v) is 5.18. The Labute approximate surface area is 165 Å². The van der Waals surface area contributed by atoms with Gasteiger partial charge in [-0.3, -0.25) is 9.59 Å². The van der Waals surface area contributed by atoms with Crippen LogP contribution in [0, 0.1) is 13.8 Å². The first-order valence-electron chi connectivity index (χ1n) is 8.11. The number of aryl methyl sites for hydroxylation is 2. The van der Waals surface area contributed by atoms with Crippen LogP contribution in [0.25, 0.3) is 0 Å². The van der Waals surface area contributed by atoms with Gasteiger partial charge >= 0.3 is 0 Å². The average molecular weight is 405 g/mol. The van der Waals surface area contributed by atoms with Crippen LogP contribution in [0.1, 0.15) is 23.5 Å². The molecule has 0 bridgehead atoms. The summed E-state index contributed by atoms with van der Waals surface area (Å²) in [5, 5.41) is 13.5. The monoisotopic (exact) mass is 404 g/mol. The van der Waals surface area contributed by atoms with Gasteiger partial charge < -0.3 is 15.1 Å². The summed E-state index contributed by atoms with van der Waals surface area (Å²) in [7, 11) is 0. The Bertz CT molecular complexity index is 938. The molecular formula is C18H17ClN4O3S. The van der Waals surface area contributed by atoms with E-state index in [0.29, 0.717) is 21.6 Å². The molecule has 1 aliphatic rings. The third kappa shape index (κ3) is 5.21. The number of furan rings is 1. The van der Waals surface area contributed by atoms with Gasteiger partial charge in [0.05, 0.1) is 6.21 Å². The summed E-state index contributed by atoms with van der Waals surface area (Å²) >= 11 is 7.21. The molecule has 1 atom stereocenters. The molecule has 140 valence electrons. The van der Waals surface area contributed by atoms with Crippen LogP contribution in [0.5, 0.6) is 0 Å². The molecule has 9 heteroatoms. The average Bonchev–Trinajstić information content (AvgIpc) is 3.17. The van der Waals surface area contributed by atoms with E-state index in [0.717, 1.165) is 23.1 Å².